The number of anilines is 2. The molecule has 0 aliphatic heterocycles. The minimum Gasteiger partial charge on any atom is -0.367 e. The summed E-state index contributed by atoms with van der Waals surface area (Å²) in [5.74, 6) is 1.40. The number of rotatable bonds is 6. The van der Waals surface area contributed by atoms with Gasteiger partial charge < -0.3 is 16.4 Å². The topological polar surface area (TPSA) is 75.9 Å². The van der Waals surface area contributed by atoms with Gasteiger partial charge in [-0.15, -0.1) is 0 Å². The first-order chi connectivity index (χ1) is 14.2. The average molecular weight is 391 g/mol. The van der Waals surface area contributed by atoms with E-state index in [2.05, 4.69) is 26.7 Å². The van der Waals surface area contributed by atoms with Crippen LogP contribution >= 0.6 is 0 Å². The molecule has 0 radical (unpaired) electrons. The summed E-state index contributed by atoms with van der Waals surface area (Å²) in [5.41, 5.74) is 9.00. The zero-order valence-corrected chi connectivity index (χ0v) is 16.3. The Bertz CT molecular complexity index is 953. The van der Waals surface area contributed by atoms with Crippen LogP contribution < -0.4 is 16.4 Å². The van der Waals surface area contributed by atoms with Gasteiger partial charge in [-0.05, 0) is 78.8 Å². The lowest BCUT2D eigenvalue weighted by Gasteiger charge is -2.27. The van der Waals surface area contributed by atoms with Crippen molar-refractivity contribution in [2.45, 2.75) is 44.3 Å². The third-order valence-electron chi connectivity index (χ3n) is 5.34. The molecular formula is C23H26FN5. The zero-order valence-electron chi connectivity index (χ0n) is 16.3. The molecule has 150 valence electrons. The van der Waals surface area contributed by atoms with Gasteiger partial charge in [-0.3, -0.25) is 0 Å². The van der Waals surface area contributed by atoms with Crippen molar-refractivity contribution < 1.29 is 4.39 Å². The van der Waals surface area contributed by atoms with Gasteiger partial charge in [0.25, 0.3) is 0 Å². The molecule has 2 aromatic heterocycles. The molecule has 29 heavy (non-hydrogen) atoms. The molecule has 3 aromatic rings. The van der Waals surface area contributed by atoms with E-state index < -0.39 is 0 Å². The van der Waals surface area contributed by atoms with Crippen molar-refractivity contribution in [2.75, 3.05) is 10.6 Å². The fourth-order valence-corrected chi connectivity index (χ4v) is 3.71. The lowest BCUT2D eigenvalue weighted by atomic mass is 9.92. The SMILES string of the molecule is NC1CCC(Nc2cc(-c3ccnc(NCc4cccc(F)c4)c3)ccn2)CC1. The van der Waals surface area contributed by atoms with Crippen molar-refractivity contribution in [1.29, 1.82) is 0 Å². The van der Waals surface area contributed by atoms with E-state index in [0.717, 1.165) is 54.0 Å². The van der Waals surface area contributed by atoms with Gasteiger partial charge in [-0.1, -0.05) is 12.1 Å². The fraction of sp³-hybridized carbons (Fsp3) is 0.304. The van der Waals surface area contributed by atoms with Crippen LogP contribution in [0.4, 0.5) is 16.0 Å². The maximum atomic E-state index is 13.3. The number of nitrogens with zero attached hydrogens (tertiary/aromatic N) is 2. The van der Waals surface area contributed by atoms with E-state index in [1.165, 1.54) is 12.1 Å². The highest BCUT2D eigenvalue weighted by atomic mass is 19.1. The summed E-state index contributed by atoms with van der Waals surface area (Å²) in [5, 5.41) is 6.81. The molecule has 0 spiro atoms. The maximum Gasteiger partial charge on any atom is 0.126 e. The van der Waals surface area contributed by atoms with E-state index >= 15 is 0 Å². The Morgan fingerprint density at radius 2 is 1.59 bits per heavy atom. The summed E-state index contributed by atoms with van der Waals surface area (Å²) in [6, 6.07) is 15.4. The first kappa shape index (κ1) is 19.3. The number of nitrogens with two attached hydrogens (primary N) is 1. The summed E-state index contributed by atoms with van der Waals surface area (Å²) in [7, 11) is 0. The second kappa shape index (κ2) is 9.01. The number of hydrogen-bond acceptors (Lipinski definition) is 5. The van der Waals surface area contributed by atoms with Crippen molar-refractivity contribution in [3.63, 3.8) is 0 Å². The fourth-order valence-electron chi connectivity index (χ4n) is 3.71. The van der Waals surface area contributed by atoms with Crippen LogP contribution in [0.2, 0.25) is 0 Å². The second-order valence-corrected chi connectivity index (χ2v) is 7.60. The minimum absolute atomic E-state index is 0.234. The van der Waals surface area contributed by atoms with Gasteiger partial charge in [-0.2, -0.15) is 0 Å². The molecule has 1 saturated carbocycles. The first-order valence-electron chi connectivity index (χ1n) is 10.1. The van der Waals surface area contributed by atoms with Crippen LogP contribution in [0.3, 0.4) is 0 Å². The van der Waals surface area contributed by atoms with Crippen molar-refractivity contribution >= 4 is 11.6 Å². The Balaban J connectivity index is 1.43. The molecule has 5 nitrogen and oxygen atoms in total. The van der Waals surface area contributed by atoms with Crippen molar-refractivity contribution in [3.8, 4) is 11.1 Å². The summed E-state index contributed by atoms with van der Waals surface area (Å²) in [6.07, 6.45) is 7.88. The first-order valence-corrected chi connectivity index (χ1v) is 10.1. The molecule has 6 heteroatoms. The summed E-state index contributed by atoms with van der Waals surface area (Å²) in [4.78, 5) is 8.85. The Kier molecular flexibility index (Phi) is 6.00. The van der Waals surface area contributed by atoms with Crippen molar-refractivity contribution in [3.05, 3.63) is 72.3 Å². The number of hydrogen-bond donors (Lipinski definition) is 3. The summed E-state index contributed by atoms with van der Waals surface area (Å²) < 4.78 is 13.3. The molecule has 1 aromatic carbocycles. The van der Waals surface area contributed by atoms with Crippen molar-refractivity contribution in [1.82, 2.24) is 9.97 Å². The Morgan fingerprint density at radius 3 is 2.31 bits per heavy atom. The third-order valence-corrected chi connectivity index (χ3v) is 5.34. The molecule has 1 aliphatic carbocycles. The summed E-state index contributed by atoms with van der Waals surface area (Å²) in [6.45, 7) is 0.515. The molecule has 0 bridgehead atoms. The van der Waals surface area contributed by atoms with Gasteiger partial charge in [0.05, 0.1) is 0 Å². The second-order valence-electron chi connectivity index (χ2n) is 7.60. The van der Waals surface area contributed by atoms with E-state index in [1.807, 2.05) is 30.5 Å². The zero-order chi connectivity index (χ0) is 20.1. The standard InChI is InChI=1S/C23H26FN5/c24-19-3-1-2-16(12-19)15-28-22-13-17(8-10-26-22)18-9-11-27-23(14-18)29-21-6-4-20(25)5-7-21/h1-3,8-14,20-21H,4-7,15,25H2,(H,26,28)(H,27,29). The van der Waals surface area contributed by atoms with Gasteiger partial charge in [0, 0.05) is 31.0 Å². The van der Waals surface area contributed by atoms with Crippen LogP contribution in [0.15, 0.2) is 60.9 Å². The summed E-state index contributed by atoms with van der Waals surface area (Å²) >= 11 is 0. The van der Waals surface area contributed by atoms with E-state index in [4.69, 9.17) is 5.73 Å². The molecule has 0 atom stereocenters. The predicted molar refractivity (Wildman–Crippen MR) is 115 cm³/mol. The smallest absolute Gasteiger partial charge is 0.126 e. The molecule has 0 unspecified atom stereocenters. The lowest BCUT2D eigenvalue weighted by Crippen LogP contribution is -2.32. The predicted octanol–water partition coefficient (Wildman–Crippen LogP) is 4.58. The highest BCUT2D eigenvalue weighted by Gasteiger charge is 2.18. The van der Waals surface area contributed by atoms with Gasteiger partial charge in [-0.25, -0.2) is 14.4 Å². The monoisotopic (exact) mass is 391 g/mol. The number of nitrogens with one attached hydrogen (secondary N) is 2. The van der Waals surface area contributed by atoms with Crippen LogP contribution in [-0.4, -0.2) is 22.1 Å². The number of pyridine rings is 2. The highest BCUT2D eigenvalue weighted by molar-refractivity contribution is 5.68. The van der Waals surface area contributed by atoms with Gasteiger partial charge >= 0.3 is 0 Å². The Hall–Kier alpha value is -2.99. The number of aromatic nitrogens is 2. The molecule has 1 fully saturated rings. The van der Waals surface area contributed by atoms with Crippen LogP contribution in [-0.2, 0) is 6.54 Å². The van der Waals surface area contributed by atoms with Gasteiger partial charge in [0.2, 0.25) is 0 Å². The molecule has 0 amide bonds. The van der Waals surface area contributed by atoms with Gasteiger partial charge in [0.1, 0.15) is 17.5 Å². The highest BCUT2D eigenvalue weighted by Crippen LogP contribution is 2.25. The molecular weight excluding hydrogens is 365 g/mol. The average Bonchev–Trinajstić information content (AvgIpc) is 2.74. The van der Waals surface area contributed by atoms with Gasteiger partial charge in [0.15, 0.2) is 0 Å². The molecule has 4 rings (SSSR count). The minimum atomic E-state index is -0.234. The van der Waals surface area contributed by atoms with E-state index in [9.17, 15) is 4.39 Å². The Morgan fingerprint density at radius 1 is 0.897 bits per heavy atom. The third kappa shape index (κ3) is 5.29. The van der Waals surface area contributed by atoms with E-state index in [-0.39, 0.29) is 5.82 Å². The number of halogens is 1. The lowest BCUT2D eigenvalue weighted by molar-refractivity contribution is 0.410. The molecule has 2 heterocycles. The van der Waals surface area contributed by atoms with E-state index in [0.29, 0.717) is 18.6 Å². The van der Waals surface area contributed by atoms with Crippen LogP contribution in [0.1, 0.15) is 31.2 Å². The van der Waals surface area contributed by atoms with Crippen LogP contribution in [0.25, 0.3) is 11.1 Å². The maximum absolute atomic E-state index is 13.3. The number of benzene rings is 1. The molecule has 4 N–H and O–H groups in total. The largest absolute Gasteiger partial charge is 0.367 e. The Labute approximate surface area is 170 Å². The van der Waals surface area contributed by atoms with Crippen molar-refractivity contribution in [2.24, 2.45) is 5.73 Å². The molecule has 1 aliphatic rings. The normalized spacial score (nSPS) is 19.0. The van der Waals surface area contributed by atoms with E-state index in [1.54, 1.807) is 12.3 Å². The quantitative estimate of drug-likeness (QED) is 0.574. The van der Waals surface area contributed by atoms with Crippen LogP contribution in [0.5, 0.6) is 0 Å². The van der Waals surface area contributed by atoms with Crippen LogP contribution in [0, 0.1) is 5.82 Å². The molecule has 0 saturated heterocycles.